The normalized spacial score (nSPS) is 14.6. The lowest BCUT2D eigenvalue weighted by Crippen LogP contribution is -2.12. The molecule has 1 aliphatic heterocycles. The maximum absolute atomic E-state index is 11.9. The van der Waals surface area contributed by atoms with Crippen molar-refractivity contribution in [3.8, 4) is 12.0 Å². The average Bonchev–Trinajstić information content (AvgIpc) is 3.05. The van der Waals surface area contributed by atoms with Gasteiger partial charge in [-0.2, -0.15) is 0 Å². The number of ketones is 1. The van der Waals surface area contributed by atoms with E-state index in [2.05, 4.69) is 16.9 Å². The van der Waals surface area contributed by atoms with Crippen LogP contribution in [0.4, 0.5) is 0 Å². The number of fused-ring (bicyclic) bond motifs is 1. The molecule has 0 bridgehead atoms. The minimum Gasteiger partial charge on any atom is -0.443 e. The van der Waals surface area contributed by atoms with Gasteiger partial charge in [-0.05, 0) is 37.0 Å². The monoisotopic (exact) mass is 240 g/mol. The summed E-state index contributed by atoms with van der Waals surface area (Å²) in [6, 6.07) is 8.09. The lowest BCUT2D eigenvalue weighted by atomic mass is 10.1. The van der Waals surface area contributed by atoms with E-state index in [0.717, 1.165) is 31.4 Å². The average molecular weight is 240 g/mol. The Morgan fingerprint density at radius 1 is 1.33 bits per heavy atom. The summed E-state index contributed by atoms with van der Waals surface area (Å²) in [5.41, 5.74) is 1.91. The summed E-state index contributed by atoms with van der Waals surface area (Å²) in [6.07, 6.45) is 3.69. The van der Waals surface area contributed by atoms with Crippen molar-refractivity contribution in [2.24, 2.45) is 0 Å². The molecule has 2 aromatic rings. The second kappa shape index (κ2) is 4.53. The van der Waals surface area contributed by atoms with Crippen molar-refractivity contribution in [3.05, 3.63) is 30.2 Å². The third-order valence-corrected chi connectivity index (χ3v) is 3.03. The van der Waals surface area contributed by atoms with Crippen LogP contribution in [0, 0.1) is 12.0 Å². The number of aromatic nitrogens is 1. The van der Waals surface area contributed by atoms with Gasteiger partial charge in [-0.25, -0.2) is 4.98 Å². The van der Waals surface area contributed by atoms with Crippen LogP contribution in [0.5, 0.6) is 0 Å². The highest BCUT2D eigenvalue weighted by Gasteiger charge is 2.09. The predicted octanol–water partition coefficient (Wildman–Crippen LogP) is 2.07. The Bertz CT molecular complexity index is 642. The molecular weight excluding hydrogens is 228 g/mol. The Hall–Kier alpha value is -2.28. The van der Waals surface area contributed by atoms with Crippen molar-refractivity contribution in [1.82, 2.24) is 9.88 Å². The first-order chi connectivity index (χ1) is 8.83. The topological polar surface area (TPSA) is 46.3 Å². The van der Waals surface area contributed by atoms with Gasteiger partial charge in [0.15, 0.2) is 12.0 Å². The predicted molar refractivity (Wildman–Crippen MR) is 66.9 cm³/mol. The van der Waals surface area contributed by atoms with E-state index in [-0.39, 0.29) is 5.78 Å². The first-order valence-electron chi connectivity index (χ1n) is 5.97. The van der Waals surface area contributed by atoms with E-state index in [1.807, 2.05) is 4.90 Å². The second-order valence-electron chi connectivity index (χ2n) is 4.29. The Labute approximate surface area is 105 Å². The lowest BCUT2D eigenvalue weighted by molar-refractivity contribution is 0.105. The van der Waals surface area contributed by atoms with E-state index in [1.165, 1.54) is 6.39 Å². The maximum atomic E-state index is 11.9. The highest BCUT2D eigenvalue weighted by molar-refractivity contribution is 6.10. The van der Waals surface area contributed by atoms with Gasteiger partial charge < -0.3 is 9.32 Å². The summed E-state index contributed by atoms with van der Waals surface area (Å²) in [6.45, 7) is 1.92. The molecule has 0 radical (unpaired) electrons. The fraction of sp³-hybridized carbons (Fsp3) is 0.286. The number of oxazole rings is 1. The molecule has 0 aliphatic carbocycles. The van der Waals surface area contributed by atoms with Gasteiger partial charge in [0, 0.05) is 24.7 Å². The van der Waals surface area contributed by atoms with Crippen molar-refractivity contribution >= 4 is 16.9 Å². The fourth-order valence-corrected chi connectivity index (χ4v) is 2.03. The molecule has 0 unspecified atom stereocenters. The molecule has 4 heteroatoms. The lowest BCUT2D eigenvalue weighted by Gasteiger charge is -2.04. The Kier molecular flexibility index (Phi) is 2.73. The molecule has 3 rings (SSSR count). The smallest absolute Gasteiger partial charge is 0.237 e. The van der Waals surface area contributed by atoms with Crippen LogP contribution < -0.4 is 0 Å². The van der Waals surface area contributed by atoms with Crippen LogP contribution >= 0.6 is 0 Å². The van der Waals surface area contributed by atoms with Crippen LogP contribution in [0.2, 0.25) is 0 Å². The standard InChI is InChI=1S/C14H12N2O2/c17-13(5-8-16-6-1-2-7-16)11-3-4-12-14(9-11)18-10-15-12/h3-4,9-10H,1-2,6-7H2. The zero-order chi connectivity index (χ0) is 12.4. The van der Waals surface area contributed by atoms with Crippen LogP contribution in [-0.4, -0.2) is 28.8 Å². The molecule has 1 aliphatic rings. The third-order valence-electron chi connectivity index (χ3n) is 3.03. The van der Waals surface area contributed by atoms with Gasteiger partial charge in [0.25, 0.3) is 0 Å². The zero-order valence-electron chi connectivity index (χ0n) is 9.85. The Morgan fingerprint density at radius 2 is 2.17 bits per heavy atom. The number of rotatable bonds is 1. The van der Waals surface area contributed by atoms with Gasteiger partial charge in [-0.3, -0.25) is 4.79 Å². The SMILES string of the molecule is O=C(C#CN1CCCC1)c1ccc2ncoc2c1. The molecule has 0 N–H and O–H groups in total. The van der Waals surface area contributed by atoms with E-state index in [4.69, 9.17) is 4.42 Å². The van der Waals surface area contributed by atoms with Crippen molar-refractivity contribution in [2.75, 3.05) is 13.1 Å². The molecule has 0 saturated carbocycles. The summed E-state index contributed by atoms with van der Waals surface area (Å²) in [5.74, 6) is 2.49. The summed E-state index contributed by atoms with van der Waals surface area (Å²) < 4.78 is 5.16. The van der Waals surface area contributed by atoms with Crippen molar-refractivity contribution in [2.45, 2.75) is 12.8 Å². The van der Waals surface area contributed by atoms with E-state index in [1.54, 1.807) is 18.2 Å². The highest BCUT2D eigenvalue weighted by atomic mass is 16.3. The summed E-state index contributed by atoms with van der Waals surface area (Å²) in [5, 5.41) is 0. The van der Waals surface area contributed by atoms with Gasteiger partial charge in [0.05, 0.1) is 0 Å². The largest absolute Gasteiger partial charge is 0.443 e. The molecule has 0 atom stereocenters. The van der Waals surface area contributed by atoms with Crippen molar-refractivity contribution in [1.29, 1.82) is 0 Å². The Morgan fingerprint density at radius 3 is 3.00 bits per heavy atom. The number of hydrogen-bond acceptors (Lipinski definition) is 4. The van der Waals surface area contributed by atoms with E-state index in [9.17, 15) is 4.79 Å². The van der Waals surface area contributed by atoms with E-state index < -0.39 is 0 Å². The molecule has 0 spiro atoms. The first-order valence-corrected chi connectivity index (χ1v) is 5.97. The number of carbonyl (C=O) groups excluding carboxylic acids is 1. The molecule has 2 heterocycles. The molecule has 0 amide bonds. The van der Waals surface area contributed by atoms with Crippen molar-refractivity contribution in [3.63, 3.8) is 0 Å². The molecule has 1 fully saturated rings. The molecule has 1 saturated heterocycles. The van der Waals surface area contributed by atoms with Gasteiger partial charge in [-0.1, -0.05) is 0 Å². The number of likely N-dealkylation sites (tertiary alicyclic amines) is 1. The highest BCUT2D eigenvalue weighted by Crippen LogP contribution is 2.14. The summed E-state index contributed by atoms with van der Waals surface area (Å²) >= 11 is 0. The third kappa shape index (κ3) is 2.07. The maximum Gasteiger partial charge on any atom is 0.237 e. The summed E-state index contributed by atoms with van der Waals surface area (Å²) in [7, 11) is 0. The van der Waals surface area contributed by atoms with Gasteiger partial charge in [0.1, 0.15) is 5.52 Å². The molecule has 1 aromatic carbocycles. The number of nitrogens with zero attached hydrogens (tertiary/aromatic N) is 2. The quantitative estimate of drug-likeness (QED) is 0.565. The Balaban J connectivity index is 1.82. The van der Waals surface area contributed by atoms with Crippen LogP contribution in [0.25, 0.3) is 11.1 Å². The van der Waals surface area contributed by atoms with Crippen LogP contribution in [0.3, 0.4) is 0 Å². The number of benzene rings is 1. The molecule has 18 heavy (non-hydrogen) atoms. The zero-order valence-corrected chi connectivity index (χ0v) is 9.85. The molecule has 4 nitrogen and oxygen atoms in total. The van der Waals surface area contributed by atoms with Gasteiger partial charge >= 0.3 is 0 Å². The fourth-order valence-electron chi connectivity index (χ4n) is 2.03. The number of Topliss-reactive ketones (excluding diaryl/α,β-unsaturated/α-hetero) is 1. The van der Waals surface area contributed by atoms with E-state index >= 15 is 0 Å². The van der Waals surface area contributed by atoms with Gasteiger partial charge in [-0.15, -0.1) is 0 Å². The molecule has 90 valence electrons. The second-order valence-corrected chi connectivity index (χ2v) is 4.29. The first kappa shape index (κ1) is 10.8. The minimum atomic E-state index is -0.180. The number of hydrogen-bond donors (Lipinski definition) is 0. The van der Waals surface area contributed by atoms with Crippen LogP contribution in [0.1, 0.15) is 23.2 Å². The van der Waals surface area contributed by atoms with Crippen LogP contribution in [0.15, 0.2) is 29.0 Å². The summed E-state index contributed by atoms with van der Waals surface area (Å²) in [4.78, 5) is 17.9. The van der Waals surface area contributed by atoms with Crippen molar-refractivity contribution < 1.29 is 9.21 Å². The van der Waals surface area contributed by atoms with E-state index in [0.29, 0.717) is 11.1 Å². The number of carbonyl (C=O) groups is 1. The van der Waals surface area contributed by atoms with Gasteiger partial charge in [0.2, 0.25) is 5.78 Å². The molecular formula is C14H12N2O2. The minimum absolute atomic E-state index is 0.180. The van der Waals surface area contributed by atoms with Crippen LogP contribution in [-0.2, 0) is 0 Å². The molecule has 1 aromatic heterocycles.